The summed E-state index contributed by atoms with van der Waals surface area (Å²) in [6, 6.07) is 3.26. The molecule has 0 spiro atoms. The molecule has 0 aliphatic carbocycles. The molecular weight excluding hydrogens is 324 g/mol. The van der Waals surface area contributed by atoms with E-state index in [4.69, 9.17) is 21.1 Å². The molecule has 0 atom stereocenters. The number of nitrogens with one attached hydrogen (secondary N) is 1. The number of ether oxygens (including phenoxy) is 2. The van der Waals surface area contributed by atoms with Crippen molar-refractivity contribution in [3.05, 3.63) is 38.8 Å². The predicted octanol–water partition coefficient (Wildman–Crippen LogP) is 3.20. The summed E-state index contributed by atoms with van der Waals surface area (Å²) in [6.45, 7) is 3.42. The summed E-state index contributed by atoms with van der Waals surface area (Å²) in [6.07, 6.45) is 0.788. The number of halogens is 1. The molecule has 2 aromatic rings. The molecule has 1 amide bonds. The van der Waals surface area contributed by atoms with Gasteiger partial charge in [-0.05, 0) is 19.1 Å². The standard InChI is InChI=1S/C15H15ClN2O3S/c1-9-8-22-13(18-9)7-17-15(19)10-5-11(16)14-12(6-10)20-3-2-4-21-14/h5-6,8H,2-4,7H2,1H3,(H,17,19). The van der Waals surface area contributed by atoms with Crippen molar-refractivity contribution >= 4 is 28.8 Å². The Hall–Kier alpha value is -1.79. The van der Waals surface area contributed by atoms with Gasteiger partial charge in [-0.15, -0.1) is 11.3 Å². The molecule has 1 N–H and O–H groups in total. The number of carbonyl (C=O) groups is 1. The normalized spacial score (nSPS) is 13.5. The highest BCUT2D eigenvalue weighted by Gasteiger charge is 2.18. The second-order valence-corrected chi connectivity index (χ2v) is 6.25. The van der Waals surface area contributed by atoms with Gasteiger partial charge in [0.2, 0.25) is 0 Å². The number of rotatable bonds is 3. The molecule has 0 saturated carbocycles. The Labute approximate surface area is 137 Å². The van der Waals surface area contributed by atoms with E-state index in [-0.39, 0.29) is 5.91 Å². The quantitative estimate of drug-likeness (QED) is 0.933. The molecule has 0 bridgehead atoms. The van der Waals surface area contributed by atoms with Crippen molar-refractivity contribution in [1.29, 1.82) is 0 Å². The van der Waals surface area contributed by atoms with E-state index in [1.54, 1.807) is 12.1 Å². The van der Waals surface area contributed by atoms with Crippen molar-refractivity contribution in [2.75, 3.05) is 13.2 Å². The third-order valence-electron chi connectivity index (χ3n) is 3.13. The predicted molar refractivity (Wildman–Crippen MR) is 85.1 cm³/mol. The van der Waals surface area contributed by atoms with E-state index in [2.05, 4.69) is 10.3 Å². The van der Waals surface area contributed by atoms with Gasteiger partial charge in [0.25, 0.3) is 5.91 Å². The highest BCUT2D eigenvalue weighted by Crippen LogP contribution is 2.37. The smallest absolute Gasteiger partial charge is 0.251 e. The molecule has 0 fully saturated rings. The molecule has 1 aliphatic rings. The van der Waals surface area contributed by atoms with E-state index in [1.165, 1.54) is 11.3 Å². The lowest BCUT2D eigenvalue weighted by Crippen LogP contribution is -2.22. The lowest BCUT2D eigenvalue weighted by atomic mass is 10.2. The van der Waals surface area contributed by atoms with E-state index in [9.17, 15) is 4.79 Å². The third-order valence-corrected chi connectivity index (χ3v) is 4.38. The second-order valence-electron chi connectivity index (χ2n) is 4.90. The molecule has 7 heteroatoms. The van der Waals surface area contributed by atoms with Gasteiger partial charge in [-0.1, -0.05) is 11.6 Å². The number of hydrogen-bond acceptors (Lipinski definition) is 5. The SMILES string of the molecule is Cc1csc(CNC(=O)c2cc(Cl)c3c(c2)OCCCO3)n1. The third kappa shape index (κ3) is 3.34. The Balaban J connectivity index is 1.75. The molecule has 1 aromatic carbocycles. The largest absolute Gasteiger partial charge is 0.489 e. The number of fused-ring (bicyclic) bond motifs is 1. The number of aryl methyl sites for hydroxylation is 1. The molecule has 116 valence electrons. The lowest BCUT2D eigenvalue weighted by molar-refractivity contribution is 0.0950. The van der Waals surface area contributed by atoms with Gasteiger partial charge in [-0.3, -0.25) is 4.79 Å². The summed E-state index contributed by atoms with van der Waals surface area (Å²) in [5.74, 6) is 0.803. The van der Waals surface area contributed by atoms with Gasteiger partial charge in [-0.2, -0.15) is 0 Å². The number of nitrogens with zero attached hydrogens (tertiary/aromatic N) is 1. The Kier molecular flexibility index (Phi) is 4.49. The highest BCUT2D eigenvalue weighted by atomic mass is 35.5. The van der Waals surface area contributed by atoms with Crippen molar-refractivity contribution in [3.8, 4) is 11.5 Å². The van der Waals surface area contributed by atoms with Crippen molar-refractivity contribution < 1.29 is 14.3 Å². The van der Waals surface area contributed by atoms with Gasteiger partial charge in [0.1, 0.15) is 5.01 Å². The summed E-state index contributed by atoms with van der Waals surface area (Å²) < 4.78 is 11.1. The van der Waals surface area contributed by atoms with Crippen LogP contribution in [0.2, 0.25) is 5.02 Å². The summed E-state index contributed by atoms with van der Waals surface area (Å²) in [5, 5.41) is 6.03. The minimum absolute atomic E-state index is 0.217. The van der Waals surface area contributed by atoms with Crippen LogP contribution in [0.25, 0.3) is 0 Å². The molecule has 3 rings (SSSR count). The molecule has 0 radical (unpaired) electrons. The topological polar surface area (TPSA) is 60.5 Å². The minimum atomic E-state index is -0.217. The van der Waals surface area contributed by atoms with Crippen molar-refractivity contribution in [3.63, 3.8) is 0 Å². The van der Waals surface area contributed by atoms with Crippen molar-refractivity contribution in [1.82, 2.24) is 10.3 Å². The number of carbonyl (C=O) groups excluding carboxylic acids is 1. The van der Waals surface area contributed by atoms with E-state index in [1.807, 2.05) is 12.3 Å². The monoisotopic (exact) mass is 338 g/mol. The van der Waals surface area contributed by atoms with Crippen LogP contribution in [0.5, 0.6) is 11.5 Å². The molecule has 0 saturated heterocycles. The van der Waals surface area contributed by atoms with Crippen LogP contribution >= 0.6 is 22.9 Å². The zero-order valence-electron chi connectivity index (χ0n) is 12.0. The number of benzene rings is 1. The Morgan fingerprint density at radius 2 is 2.23 bits per heavy atom. The first-order chi connectivity index (χ1) is 10.6. The van der Waals surface area contributed by atoms with E-state index < -0.39 is 0 Å². The van der Waals surface area contributed by atoms with Crippen LogP contribution in [0.15, 0.2) is 17.5 Å². The maximum atomic E-state index is 12.3. The first-order valence-electron chi connectivity index (χ1n) is 6.92. The van der Waals surface area contributed by atoms with Crippen LogP contribution in [-0.4, -0.2) is 24.1 Å². The Morgan fingerprint density at radius 1 is 1.41 bits per heavy atom. The van der Waals surface area contributed by atoms with Crippen LogP contribution in [0.4, 0.5) is 0 Å². The van der Waals surface area contributed by atoms with Crippen LogP contribution in [0.1, 0.15) is 27.5 Å². The van der Waals surface area contributed by atoms with Crippen molar-refractivity contribution in [2.24, 2.45) is 0 Å². The molecule has 1 aromatic heterocycles. The molecule has 1 aliphatic heterocycles. The first kappa shape index (κ1) is 15.1. The van der Waals surface area contributed by atoms with Gasteiger partial charge in [-0.25, -0.2) is 4.98 Å². The average molecular weight is 339 g/mol. The zero-order valence-corrected chi connectivity index (χ0v) is 13.6. The van der Waals surface area contributed by atoms with Gasteiger partial charge >= 0.3 is 0 Å². The maximum Gasteiger partial charge on any atom is 0.251 e. The number of hydrogen-bond donors (Lipinski definition) is 1. The summed E-state index contributed by atoms with van der Waals surface area (Å²) in [7, 11) is 0. The van der Waals surface area contributed by atoms with Crippen molar-refractivity contribution in [2.45, 2.75) is 19.9 Å². The molecule has 5 nitrogen and oxygen atoms in total. The van der Waals surface area contributed by atoms with E-state index in [0.29, 0.717) is 41.8 Å². The molecule has 2 heterocycles. The zero-order chi connectivity index (χ0) is 15.5. The van der Waals surface area contributed by atoms with Crippen LogP contribution < -0.4 is 14.8 Å². The summed E-state index contributed by atoms with van der Waals surface area (Å²) in [4.78, 5) is 16.6. The number of amides is 1. The summed E-state index contributed by atoms with van der Waals surface area (Å²) in [5.41, 5.74) is 1.40. The van der Waals surface area contributed by atoms with Gasteiger partial charge in [0.15, 0.2) is 11.5 Å². The van der Waals surface area contributed by atoms with E-state index in [0.717, 1.165) is 17.1 Å². The molecular formula is C15H15ClN2O3S. The fraction of sp³-hybridized carbons (Fsp3) is 0.333. The van der Waals surface area contributed by atoms with Crippen LogP contribution in [0.3, 0.4) is 0 Å². The highest BCUT2D eigenvalue weighted by molar-refractivity contribution is 7.09. The molecule has 0 unspecified atom stereocenters. The van der Waals surface area contributed by atoms with E-state index >= 15 is 0 Å². The second kappa shape index (κ2) is 6.54. The summed E-state index contributed by atoms with van der Waals surface area (Å²) >= 11 is 7.71. The Morgan fingerprint density at radius 3 is 3.00 bits per heavy atom. The molecule has 22 heavy (non-hydrogen) atoms. The first-order valence-corrected chi connectivity index (χ1v) is 8.17. The number of aromatic nitrogens is 1. The fourth-order valence-corrected chi connectivity index (χ4v) is 3.08. The van der Waals surface area contributed by atoms with Gasteiger partial charge in [0.05, 0.1) is 24.8 Å². The van der Waals surface area contributed by atoms with Crippen LogP contribution in [0, 0.1) is 6.92 Å². The van der Waals surface area contributed by atoms with Gasteiger partial charge in [0, 0.05) is 23.1 Å². The minimum Gasteiger partial charge on any atom is -0.489 e. The average Bonchev–Trinajstić information content (AvgIpc) is 2.77. The fourth-order valence-electron chi connectivity index (χ4n) is 2.10. The Bertz CT molecular complexity index is 702. The maximum absolute atomic E-state index is 12.3. The number of thiazole rings is 1. The lowest BCUT2D eigenvalue weighted by Gasteiger charge is -2.11. The van der Waals surface area contributed by atoms with Gasteiger partial charge < -0.3 is 14.8 Å². The van der Waals surface area contributed by atoms with Crippen LogP contribution in [-0.2, 0) is 6.54 Å².